The summed E-state index contributed by atoms with van der Waals surface area (Å²) in [6.45, 7) is 1.11. The fraction of sp³-hybridized carbons (Fsp3) is 0.333. The molecule has 1 aromatic carbocycles. The molecule has 0 bridgehead atoms. The van der Waals surface area contributed by atoms with Gasteiger partial charge in [0.15, 0.2) is 0 Å². The average Bonchev–Trinajstić information content (AvgIpc) is 2.85. The minimum atomic E-state index is -0.916. The molecule has 2 aromatic rings. The van der Waals surface area contributed by atoms with Crippen molar-refractivity contribution in [3.8, 4) is 0 Å². The van der Waals surface area contributed by atoms with Crippen LogP contribution >= 0.6 is 11.3 Å². The van der Waals surface area contributed by atoms with Crippen molar-refractivity contribution in [1.29, 1.82) is 0 Å². The van der Waals surface area contributed by atoms with Crippen molar-refractivity contribution < 1.29 is 14.7 Å². The van der Waals surface area contributed by atoms with Gasteiger partial charge in [-0.2, -0.15) is 0 Å². The molecule has 1 aromatic heterocycles. The SMILES string of the molecule is O=C(O)c1sc2ccccc2c1CNC1CCCNC1=O. The molecule has 1 atom stereocenters. The third kappa shape index (κ3) is 2.77. The van der Waals surface area contributed by atoms with Crippen LogP contribution in [0.2, 0.25) is 0 Å². The Morgan fingerprint density at radius 2 is 2.24 bits per heavy atom. The number of carboxylic acid groups (broad SMARTS) is 1. The third-order valence-corrected chi connectivity index (χ3v) is 4.90. The van der Waals surface area contributed by atoms with E-state index in [9.17, 15) is 14.7 Å². The Balaban J connectivity index is 1.86. The zero-order valence-electron chi connectivity index (χ0n) is 11.4. The number of piperidine rings is 1. The summed E-state index contributed by atoms with van der Waals surface area (Å²) in [6.07, 6.45) is 1.73. The summed E-state index contributed by atoms with van der Waals surface area (Å²) >= 11 is 1.28. The molecule has 5 nitrogen and oxygen atoms in total. The zero-order valence-corrected chi connectivity index (χ0v) is 12.2. The summed E-state index contributed by atoms with van der Waals surface area (Å²) in [4.78, 5) is 23.5. The van der Waals surface area contributed by atoms with E-state index in [2.05, 4.69) is 10.6 Å². The van der Waals surface area contributed by atoms with Gasteiger partial charge in [0.25, 0.3) is 0 Å². The fourth-order valence-corrected chi connectivity index (χ4v) is 3.70. The quantitative estimate of drug-likeness (QED) is 0.807. The van der Waals surface area contributed by atoms with Gasteiger partial charge in [-0.25, -0.2) is 4.79 Å². The van der Waals surface area contributed by atoms with Crippen LogP contribution in [0.25, 0.3) is 10.1 Å². The van der Waals surface area contributed by atoms with Crippen LogP contribution in [0.5, 0.6) is 0 Å². The van der Waals surface area contributed by atoms with Gasteiger partial charge in [-0.1, -0.05) is 18.2 Å². The van der Waals surface area contributed by atoms with Crippen LogP contribution in [-0.2, 0) is 11.3 Å². The van der Waals surface area contributed by atoms with E-state index in [1.807, 2.05) is 24.3 Å². The number of hydrogen-bond acceptors (Lipinski definition) is 4. The standard InChI is InChI=1S/C15H16N2O3S/c18-14-11(5-3-7-16-14)17-8-10-9-4-1-2-6-12(9)21-13(10)15(19)20/h1-2,4,6,11,17H,3,5,7-8H2,(H,16,18)(H,19,20). The van der Waals surface area contributed by atoms with Crippen LogP contribution in [0, 0.1) is 0 Å². The van der Waals surface area contributed by atoms with Gasteiger partial charge >= 0.3 is 5.97 Å². The number of nitrogens with one attached hydrogen (secondary N) is 2. The number of thiophene rings is 1. The summed E-state index contributed by atoms with van der Waals surface area (Å²) in [7, 11) is 0. The Kier molecular flexibility index (Phi) is 3.90. The molecular formula is C15H16N2O3S. The smallest absolute Gasteiger partial charge is 0.346 e. The third-order valence-electron chi connectivity index (χ3n) is 3.70. The van der Waals surface area contributed by atoms with Crippen LogP contribution in [-0.4, -0.2) is 29.6 Å². The molecule has 1 fully saturated rings. The minimum absolute atomic E-state index is 0.00217. The predicted molar refractivity (Wildman–Crippen MR) is 81.7 cm³/mol. The maximum absolute atomic E-state index is 11.7. The highest BCUT2D eigenvalue weighted by Crippen LogP contribution is 2.31. The molecule has 1 aliphatic heterocycles. The lowest BCUT2D eigenvalue weighted by Gasteiger charge is -2.22. The molecule has 3 N–H and O–H groups in total. The van der Waals surface area contributed by atoms with Crippen LogP contribution in [0.3, 0.4) is 0 Å². The van der Waals surface area contributed by atoms with Gasteiger partial charge in [0.2, 0.25) is 5.91 Å². The molecule has 0 radical (unpaired) electrons. The van der Waals surface area contributed by atoms with E-state index >= 15 is 0 Å². The largest absolute Gasteiger partial charge is 0.477 e. The molecular weight excluding hydrogens is 288 g/mol. The Bertz CT molecular complexity index is 695. The molecule has 2 heterocycles. The van der Waals surface area contributed by atoms with Crippen LogP contribution in [0.4, 0.5) is 0 Å². The number of carbonyl (C=O) groups excluding carboxylic acids is 1. The Morgan fingerprint density at radius 1 is 1.43 bits per heavy atom. The lowest BCUT2D eigenvalue weighted by atomic mass is 10.1. The second-order valence-corrected chi connectivity index (χ2v) is 6.13. The van der Waals surface area contributed by atoms with E-state index in [4.69, 9.17) is 0 Å². The van der Waals surface area contributed by atoms with Gasteiger partial charge in [-0.15, -0.1) is 11.3 Å². The van der Waals surface area contributed by atoms with E-state index in [1.165, 1.54) is 11.3 Å². The highest BCUT2D eigenvalue weighted by atomic mass is 32.1. The Labute approximate surface area is 126 Å². The molecule has 0 aliphatic carbocycles. The number of hydrogen-bond donors (Lipinski definition) is 3. The number of amides is 1. The molecule has 3 rings (SSSR count). The van der Waals surface area contributed by atoms with Gasteiger partial charge in [0.1, 0.15) is 4.88 Å². The number of rotatable bonds is 4. The zero-order chi connectivity index (χ0) is 14.8. The van der Waals surface area contributed by atoms with Crippen LogP contribution in [0.1, 0.15) is 28.1 Å². The molecule has 1 aliphatic rings. The van der Waals surface area contributed by atoms with Crippen LogP contribution in [0.15, 0.2) is 24.3 Å². The molecule has 21 heavy (non-hydrogen) atoms. The Morgan fingerprint density at radius 3 is 3.00 bits per heavy atom. The maximum Gasteiger partial charge on any atom is 0.346 e. The molecule has 1 unspecified atom stereocenters. The van der Waals surface area contributed by atoms with Gasteiger partial charge < -0.3 is 15.7 Å². The topological polar surface area (TPSA) is 78.4 Å². The predicted octanol–water partition coefficient (Wildman–Crippen LogP) is 1.97. The summed E-state index contributed by atoms with van der Waals surface area (Å²) < 4.78 is 0.958. The summed E-state index contributed by atoms with van der Waals surface area (Å²) in [5, 5.41) is 16.3. The minimum Gasteiger partial charge on any atom is -0.477 e. The van der Waals surface area contributed by atoms with Gasteiger partial charge in [0, 0.05) is 17.8 Å². The van der Waals surface area contributed by atoms with Crippen molar-refractivity contribution in [2.24, 2.45) is 0 Å². The number of carboxylic acids is 1. The average molecular weight is 304 g/mol. The van der Waals surface area contributed by atoms with E-state index in [0.717, 1.165) is 35.0 Å². The lowest BCUT2D eigenvalue weighted by molar-refractivity contribution is -0.124. The number of carbonyl (C=O) groups is 2. The number of fused-ring (bicyclic) bond motifs is 1. The number of benzene rings is 1. The maximum atomic E-state index is 11.7. The molecule has 110 valence electrons. The fourth-order valence-electron chi connectivity index (χ4n) is 2.64. The molecule has 1 saturated heterocycles. The van der Waals surface area contributed by atoms with E-state index in [-0.39, 0.29) is 11.9 Å². The van der Waals surface area contributed by atoms with Crippen molar-refractivity contribution in [3.63, 3.8) is 0 Å². The summed E-state index contributed by atoms with van der Waals surface area (Å²) in [5.41, 5.74) is 0.765. The normalized spacial score (nSPS) is 18.7. The lowest BCUT2D eigenvalue weighted by Crippen LogP contribution is -2.48. The summed E-state index contributed by atoms with van der Waals surface area (Å²) in [6, 6.07) is 7.41. The van der Waals surface area contributed by atoms with Gasteiger partial charge in [-0.3, -0.25) is 4.79 Å². The van der Waals surface area contributed by atoms with E-state index in [1.54, 1.807) is 0 Å². The first-order valence-electron chi connectivity index (χ1n) is 6.91. The first-order chi connectivity index (χ1) is 10.2. The first-order valence-corrected chi connectivity index (χ1v) is 7.73. The van der Waals surface area contributed by atoms with Crippen molar-refractivity contribution in [1.82, 2.24) is 10.6 Å². The van der Waals surface area contributed by atoms with Crippen molar-refractivity contribution >= 4 is 33.3 Å². The van der Waals surface area contributed by atoms with Crippen molar-refractivity contribution in [2.45, 2.75) is 25.4 Å². The second-order valence-electron chi connectivity index (χ2n) is 5.08. The molecule has 1 amide bonds. The molecule has 6 heteroatoms. The second kappa shape index (κ2) is 5.83. The van der Waals surface area contributed by atoms with Gasteiger partial charge in [0.05, 0.1) is 6.04 Å². The number of aromatic carboxylic acids is 1. The van der Waals surface area contributed by atoms with Crippen LogP contribution < -0.4 is 10.6 Å². The first kappa shape index (κ1) is 14.0. The molecule has 0 saturated carbocycles. The van der Waals surface area contributed by atoms with Crippen molar-refractivity contribution in [2.75, 3.05) is 6.54 Å². The van der Waals surface area contributed by atoms with E-state index < -0.39 is 5.97 Å². The summed E-state index contributed by atoms with van der Waals surface area (Å²) in [5.74, 6) is -0.918. The van der Waals surface area contributed by atoms with Crippen molar-refractivity contribution in [3.05, 3.63) is 34.7 Å². The Hall–Kier alpha value is -1.92. The van der Waals surface area contributed by atoms with E-state index in [0.29, 0.717) is 11.4 Å². The molecule has 0 spiro atoms. The highest BCUT2D eigenvalue weighted by Gasteiger charge is 2.23. The van der Waals surface area contributed by atoms with Gasteiger partial charge in [-0.05, 0) is 29.9 Å². The monoisotopic (exact) mass is 304 g/mol. The highest BCUT2D eigenvalue weighted by molar-refractivity contribution is 7.21.